The second-order valence-electron chi connectivity index (χ2n) is 8.13. The Hall–Kier alpha value is -5.37. The number of hydrogen-bond acceptors (Lipinski definition) is 8. The predicted molar refractivity (Wildman–Crippen MR) is 138 cm³/mol. The molecule has 0 radical (unpaired) electrons. The van der Waals surface area contributed by atoms with Gasteiger partial charge in [0.05, 0.1) is 11.1 Å². The molecule has 0 aliphatic heterocycles. The second-order valence-corrected chi connectivity index (χ2v) is 8.13. The molecule has 0 unspecified atom stereocenters. The Kier molecular flexibility index (Phi) is 7.83. The number of nitrogens with zero attached hydrogens (tertiary/aromatic N) is 4. The van der Waals surface area contributed by atoms with Crippen LogP contribution in [0.4, 0.5) is 5.69 Å². The number of nitro groups is 1. The molecule has 2 aromatic heterocycles. The average Bonchev–Trinajstić information content (AvgIpc) is 3.53. The van der Waals surface area contributed by atoms with Crippen LogP contribution >= 0.6 is 0 Å². The van der Waals surface area contributed by atoms with Gasteiger partial charge >= 0.3 is 11.6 Å². The van der Waals surface area contributed by atoms with Crippen molar-refractivity contribution in [2.45, 2.75) is 20.5 Å². The third-order valence-electron chi connectivity index (χ3n) is 5.48. The molecule has 0 atom stereocenters. The molecule has 0 bridgehead atoms. The molecule has 0 aliphatic carbocycles. The van der Waals surface area contributed by atoms with E-state index in [0.29, 0.717) is 17.1 Å². The van der Waals surface area contributed by atoms with Gasteiger partial charge < -0.3 is 18.5 Å². The molecule has 1 amide bonds. The Balaban J connectivity index is 1.32. The zero-order valence-corrected chi connectivity index (χ0v) is 20.6. The fourth-order valence-corrected chi connectivity index (χ4v) is 3.71. The molecule has 4 aromatic rings. The molecule has 11 nitrogen and oxygen atoms in total. The van der Waals surface area contributed by atoms with Crippen LogP contribution in [0.15, 0.2) is 76.2 Å². The number of hydrazone groups is 1. The quantitative estimate of drug-likeness (QED) is 0.181. The van der Waals surface area contributed by atoms with Gasteiger partial charge in [-0.15, -0.1) is 0 Å². The first-order chi connectivity index (χ1) is 18.4. The first-order valence-corrected chi connectivity index (χ1v) is 11.4. The minimum Gasteiger partial charge on any atom is -0.486 e. The number of amides is 1. The lowest BCUT2D eigenvalue weighted by molar-refractivity contribution is -0.385. The van der Waals surface area contributed by atoms with Gasteiger partial charge in [0.2, 0.25) is 0 Å². The minimum absolute atomic E-state index is 0.0286. The summed E-state index contributed by atoms with van der Waals surface area (Å²) in [6.07, 6.45) is 1.24. The zero-order chi connectivity index (χ0) is 27.1. The highest BCUT2D eigenvalue weighted by atomic mass is 16.6. The Morgan fingerprint density at radius 3 is 2.53 bits per heavy atom. The van der Waals surface area contributed by atoms with E-state index >= 15 is 0 Å². The monoisotopic (exact) mass is 513 g/mol. The number of aromatic nitrogens is 1. The van der Waals surface area contributed by atoms with Crippen LogP contribution in [-0.2, 0) is 6.61 Å². The number of benzene rings is 2. The normalized spacial score (nSPS) is 10.8. The molecule has 192 valence electrons. The maximum absolute atomic E-state index is 12.4. The number of carbonyl (C=O) groups excluding carboxylic acids is 1. The van der Waals surface area contributed by atoms with E-state index in [0.717, 1.165) is 17.1 Å². The molecule has 2 aromatic carbocycles. The summed E-state index contributed by atoms with van der Waals surface area (Å²) in [5.74, 6) is 0.494. The maximum Gasteiger partial charge on any atom is 0.311 e. The van der Waals surface area contributed by atoms with Crippen LogP contribution in [0.3, 0.4) is 0 Å². The van der Waals surface area contributed by atoms with Crippen LogP contribution in [-0.4, -0.2) is 28.2 Å². The molecular weight excluding hydrogens is 490 g/mol. The van der Waals surface area contributed by atoms with Crippen molar-refractivity contribution in [3.8, 4) is 23.3 Å². The summed E-state index contributed by atoms with van der Waals surface area (Å²) in [7, 11) is 0. The highest BCUT2D eigenvalue weighted by Crippen LogP contribution is 2.27. The molecule has 0 aliphatic rings. The van der Waals surface area contributed by atoms with E-state index in [1.54, 1.807) is 12.1 Å². The first kappa shape index (κ1) is 25.7. The van der Waals surface area contributed by atoms with Gasteiger partial charge in [-0.05, 0) is 74.5 Å². The number of nitriles is 1. The molecular formula is C27H23N5O6. The van der Waals surface area contributed by atoms with Crippen molar-refractivity contribution in [2.75, 3.05) is 6.61 Å². The van der Waals surface area contributed by atoms with Gasteiger partial charge in [-0.2, -0.15) is 10.4 Å². The number of hydrogen-bond donors (Lipinski definition) is 1. The van der Waals surface area contributed by atoms with Crippen molar-refractivity contribution < 1.29 is 23.6 Å². The fourth-order valence-electron chi connectivity index (χ4n) is 3.71. The molecule has 1 N–H and O–H groups in total. The van der Waals surface area contributed by atoms with Crippen LogP contribution in [0.1, 0.15) is 33.3 Å². The molecule has 0 fully saturated rings. The summed E-state index contributed by atoms with van der Waals surface area (Å²) in [6.45, 7) is 3.90. The Morgan fingerprint density at radius 1 is 1.11 bits per heavy atom. The smallest absolute Gasteiger partial charge is 0.311 e. The maximum atomic E-state index is 12.4. The average molecular weight is 514 g/mol. The topological polar surface area (TPSA) is 145 Å². The van der Waals surface area contributed by atoms with Gasteiger partial charge in [-0.1, -0.05) is 0 Å². The van der Waals surface area contributed by atoms with Gasteiger partial charge in [0.25, 0.3) is 0 Å². The summed E-state index contributed by atoms with van der Waals surface area (Å²) >= 11 is 0. The second kappa shape index (κ2) is 11.6. The van der Waals surface area contributed by atoms with E-state index in [1.807, 2.05) is 38.1 Å². The van der Waals surface area contributed by atoms with E-state index < -0.39 is 10.8 Å². The van der Waals surface area contributed by atoms with E-state index in [1.165, 1.54) is 30.5 Å². The number of nitro benzene ring substituents is 1. The summed E-state index contributed by atoms with van der Waals surface area (Å²) in [5, 5.41) is 23.7. The summed E-state index contributed by atoms with van der Waals surface area (Å²) in [6, 6.07) is 20.8. The summed E-state index contributed by atoms with van der Waals surface area (Å²) < 4.78 is 18.5. The third kappa shape index (κ3) is 6.06. The van der Waals surface area contributed by atoms with Crippen LogP contribution in [0.25, 0.3) is 5.69 Å². The minimum atomic E-state index is -0.631. The van der Waals surface area contributed by atoms with E-state index in [9.17, 15) is 14.9 Å². The Bertz CT molecular complexity index is 1510. The van der Waals surface area contributed by atoms with Crippen molar-refractivity contribution in [2.24, 2.45) is 5.10 Å². The number of carbonyl (C=O) groups is 1. The van der Waals surface area contributed by atoms with Crippen LogP contribution < -0.4 is 14.9 Å². The van der Waals surface area contributed by atoms with Crippen molar-refractivity contribution in [3.63, 3.8) is 0 Å². The molecule has 38 heavy (non-hydrogen) atoms. The largest absolute Gasteiger partial charge is 0.486 e. The molecule has 0 saturated carbocycles. The molecule has 11 heteroatoms. The van der Waals surface area contributed by atoms with Crippen molar-refractivity contribution >= 4 is 17.8 Å². The van der Waals surface area contributed by atoms with Crippen LogP contribution in [0.2, 0.25) is 0 Å². The summed E-state index contributed by atoms with van der Waals surface area (Å²) in [5.41, 5.74) is 5.65. The number of ether oxygens (including phenoxy) is 2. The van der Waals surface area contributed by atoms with Gasteiger partial charge in [0, 0.05) is 28.7 Å². The fraction of sp³-hybridized carbons (Fsp3) is 0.148. The zero-order valence-electron chi connectivity index (χ0n) is 20.6. The highest BCUT2D eigenvalue weighted by molar-refractivity contribution is 5.92. The first-order valence-electron chi connectivity index (χ1n) is 11.4. The van der Waals surface area contributed by atoms with Crippen LogP contribution in [0.5, 0.6) is 11.5 Å². The predicted octanol–water partition coefficient (Wildman–Crippen LogP) is 4.84. The van der Waals surface area contributed by atoms with E-state index in [4.69, 9.17) is 19.2 Å². The molecule has 0 saturated heterocycles. The standard InChI is InChI=1S/C27H23N5O6/c1-18-3-4-19(2)31(18)21-6-8-22(9-7-21)37-17-23-10-12-26(38-23)27(33)30-29-16-20-5-11-25(36-14-13-28)24(15-20)32(34)35/h3-12,15-16H,14,17H2,1-2H3,(H,30,33)/b29-16+. The number of furan rings is 1. The van der Waals surface area contributed by atoms with Gasteiger partial charge in [0.15, 0.2) is 18.1 Å². The highest BCUT2D eigenvalue weighted by Gasteiger charge is 2.16. The Morgan fingerprint density at radius 2 is 1.84 bits per heavy atom. The van der Waals surface area contributed by atoms with Gasteiger partial charge in [-0.3, -0.25) is 14.9 Å². The molecule has 0 spiro atoms. The van der Waals surface area contributed by atoms with Crippen molar-refractivity contribution in [3.05, 3.63) is 105 Å². The summed E-state index contributed by atoms with van der Waals surface area (Å²) in [4.78, 5) is 23.0. The van der Waals surface area contributed by atoms with Crippen LogP contribution in [0, 0.1) is 35.3 Å². The lowest BCUT2D eigenvalue weighted by atomic mass is 10.2. The lowest BCUT2D eigenvalue weighted by Gasteiger charge is -2.10. The SMILES string of the molecule is Cc1ccc(C)n1-c1ccc(OCc2ccc(C(=O)N/N=C/c3ccc(OCC#N)c([N+](=O)[O-])c3)o2)cc1. The third-order valence-corrected chi connectivity index (χ3v) is 5.48. The Labute approximate surface area is 217 Å². The van der Waals surface area contributed by atoms with Crippen molar-refractivity contribution in [1.29, 1.82) is 5.26 Å². The lowest BCUT2D eigenvalue weighted by Crippen LogP contribution is -2.16. The van der Waals surface area contributed by atoms with E-state index in [2.05, 4.69) is 27.2 Å². The number of rotatable bonds is 10. The van der Waals surface area contributed by atoms with Gasteiger partial charge in [-0.25, -0.2) is 5.43 Å². The van der Waals surface area contributed by atoms with E-state index in [-0.39, 0.29) is 30.4 Å². The number of nitrogens with one attached hydrogen (secondary N) is 1. The van der Waals surface area contributed by atoms with Crippen molar-refractivity contribution in [1.82, 2.24) is 9.99 Å². The number of aryl methyl sites for hydroxylation is 2. The molecule has 4 rings (SSSR count). The van der Waals surface area contributed by atoms with Gasteiger partial charge in [0.1, 0.15) is 24.2 Å². The molecule has 2 heterocycles.